The molecule has 9 heteroatoms. The zero-order valence-corrected chi connectivity index (χ0v) is 12.5. The normalized spacial score (nSPS) is 10.4. The third kappa shape index (κ3) is 2.36. The zero-order chi connectivity index (χ0) is 17.3. The van der Waals surface area contributed by atoms with Crippen LogP contribution in [0.15, 0.2) is 37.1 Å². The lowest BCUT2D eigenvalue weighted by molar-refractivity contribution is 0.0593. The molecule has 2 heterocycles. The molecule has 8 nitrogen and oxygen atoms in total. The summed E-state index contributed by atoms with van der Waals surface area (Å²) in [5.41, 5.74) is 6.28. The maximum absolute atomic E-state index is 14.4. The van der Waals surface area contributed by atoms with E-state index in [0.717, 1.165) is 0 Å². The van der Waals surface area contributed by atoms with Crippen molar-refractivity contribution in [1.29, 1.82) is 5.26 Å². The second-order valence-corrected chi connectivity index (χ2v) is 4.78. The Bertz CT molecular complexity index is 955. The van der Waals surface area contributed by atoms with E-state index in [1.165, 1.54) is 48.7 Å². The van der Waals surface area contributed by atoms with Gasteiger partial charge < -0.3 is 15.0 Å². The van der Waals surface area contributed by atoms with Crippen molar-refractivity contribution in [1.82, 2.24) is 19.3 Å². The highest BCUT2D eigenvalue weighted by Gasteiger charge is 2.23. The molecule has 0 unspecified atom stereocenters. The first kappa shape index (κ1) is 15.2. The highest BCUT2D eigenvalue weighted by atomic mass is 19.1. The number of hydrogen-bond acceptors (Lipinski definition) is 6. The minimum Gasteiger partial charge on any atom is -0.464 e. The number of rotatable bonds is 3. The summed E-state index contributed by atoms with van der Waals surface area (Å²) in [6.45, 7) is 0. The SMILES string of the molecule is COC(=O)c1c(N)c(C#N)cn1-c1cc(-n2cnnc2)ccc1F. The van der Waals surface area contributed by atoms with Crippen LogP contribution in [-0.4, -0.2) is 32.4 Å². The Balaban J connectivity index is 2.24. The van der Waals surface area contributed by atoms with Crippen LogP contribution in [0.5, 0.6) is 0 Å². The third-order valence-corrected chi connectivity index (χ3v) is 3.45. The molecule has 0 bridgehead atoms. The smallest absolute Gasteiger partial charge is 0.357 e. The highest BCUT2D eigenvalue weighted by molar-refractivity contribution is 5.96. The molecule has 1 aromatic carbocycles. The lowest BCUT2D eigenvalue weighted by atomic mass is 10.2. The number of hydrogen-bond donors (Lipinski definition) is 1. The fourth-order valence-electron chi connectivity index (χ4n) is 2.28. The number of nitriles is 1. The molecule has 2 N–H and O–H groups in total. The molecular weight excluding hydrogens is 315 g/mol. The number of carbonyl (C=O) groups is 1. The van der Waals surface area contributed by atoms with Gasteiger partial charge in [0.25, 0.3) is 0 Å². The first-order valence-electron chi connectivity index (χ1n) is 6.71. The average molecular weight is 326 g/mol. The molecule has 0 radical (unpaired) electrons. The van der Waals surface area contributed by atoms with Crippen molar-refractivity contribution in [3.63, 3.8) is 0 Å². The second-order valence-electron chi connectivity index (χ2n) is 4.78. The predicted molar refractivity (Wildman–Crippen MR) is 81.1 cm³/mol. The summed E-state index contributed by atoms with van der Waals surface area (Å²) < 4.78 is 21.8. The van der Waals surface area contributed by atoms with Crippen LogP contribution in [0.1, 0.15) is 16.1 Å². The van der Waals surface area contributed by atoms with Gasteiger partial charge in [-0.3, -0.25) is 4.57 Å². The number of anilines is 1. The van der Waals surface area contributed by atoms with E-state index in [-0.39, 0.29) is 22.6 Å². The zero-order valence-electron chi connectivity index (χ0n) is 12.5. The molecule has 0 atom stereocenters. The number of ether oxygens (including phenoxy) is 1. The molecule has 0 saturated carbocycles. The van der Waals surface area contributed by atoms with Crippen molar-refractivity contribution in [2.75, 3.05) is 12.8 Å². The van der Waals surface area contributed by atoms with Crippen LogP contribution >= 0.6 is 0 Å². The van der Waals surface area contributed by atoms with Gasteiger partial charge in [-0.15, -0.1) is 10.2 Å². The van der Waals surface area contributed by atoms with Gasteiger partial charge in [0.15, 0.2) is 5.69 Å². The minimum absolute atomic E-state index is 0.0369. The van der Waals surface area contributed by atoms with Crippen molar-refractivity contribution in [2.24, 2.45) is 0 Å². The van der Waals surface area contributed by atoms with Gasteiger partial charge >= 0.3 is 5.97 Å². The number of aromatic nitrogens is 4. The van der Waals surface area contributed by atoms with Gasteiger partial charge in [0.2, 0.25) is 0 Å². The van der Waals surface area contributed by atoms with Crippen LogP contribution in [0.25, 0.3) is 11.4 Å². The number of carbonyl (C=O) groups excluding carboxylic acids is 1. The topological polar surface area (TPSA) is 112 Å². The van der Waals surface area contributed by atoms with Crippen LogP contribution in [0, 0.1) is 17.1 Å². The third-order valence-electron chi connectivity index (χ3n) is 3.45. The molecule has 0 saturated heterocycles. The number of nitrogens with two attached hydrogens (primary N) is 1. The maximum Gasteiger partial charge on any atom is 0.357 e. The van der Waals surface area contributed by atoms with Gasteiger partial charge in [0.05, 0.1) is 29.7 Å². The number of halogens is 1. The quantitative estimate of drug-likeness (QED) is 0.729. The van der Waals surface area contributed by atoms with E-state index in [1.54, 1.807) is 4.57 Å². The Morgan fingerprint density at radius 3 is 2.71 bits per heavy atom. The molecular formula is C15H11FN6O2. The van der Waals surface area contributed by atoms with E-state index >= 15 is 0 Å². The van der Waals surface area contributed by atoms with Gasteiger partial charge in [-0.1, -0.05) is 0 Å². The van der Waals surface area contributed by atoms with E-state index in [4.69, 9.17) is 11.0 Å². The highest BCUT2D eigenvalue weighted by Crippen LogP contribution is 2.27. The van der Waals surface area contributed by atoms with E-state index < -0.39 is 11.8 Å². The van der Waals surface area contributed by atoms with Gasteiger partial charge in [-0.2, -0.15) is 5.26 Å². The minimum atomic E-state index is -0.775. The van der Waals surface area contributed by atoms with E-state index in [9.17, 15) is 9.18 Å². The van der Waals surface area contributed by atoms with Crippen molar-refractivity contribution in [3.8, 4) is 17.4 Å². The first-order valence-corrected chi connectivity index (χ1v) is 6.71. The van der Waals surface area contributed by atoms with Crippen molar-refractivity contribution < 1.29 is 13.9 Å². The summed E-state index contributed by atoms with van der Waals surface area (Å²) in [7, 11) is 1.18. The van der Waals surface area contributed by atoms with Crippen LogP contribution in [0.3, 0.4) is 0 Å². The number of benzene rings is 1. The molecule has 2 aromatic heterocycles. The molecule has 0 fully saturated rings. The molecule has 0 aliphatic carbocycles. The van der Waals surface area contributed by atoms with Crippen molar-refractivity contribution >= 4 is 11.7 Å². The summed E-state index contributed by atoms with van der Waals surface area (Å²) in [6, 6.07) is 6.10. The van der Waals surface area contributed by atoms with Crippen molar-refractivity contribution in [3.05, 3.63) is 54.1 Å². The van der Waals surface area contributed by atoms with Crippen LogP contribution < -0.4 is 5.73 Å². The molecule has 24 heavy (non-hydrogen) atoms. The number of nitrogen functional groups attached to an aromatic ring is 1. The summed E-state index contributed by atoms with van der Waals surface area (Å²) in [5, 5.41) is 16.5. The Kier molecular flexibility index (Phi) is 3.71. The van der Waals surface area contributed by atoms with Gasteiger partial charge in [0, 0.05) is 6.20 Å². The average Bonchev–Trinajstić information content (AvgIpc) is 3.22. The molecule has 0 aliphatic rings. The molecule has 3 rings (SSSR count). The Morgan fingerprint density at radius 1 is 1.38 bits per heavy atom. The molecule has 3 aromatic rings. The Morgan fingerprint density at radius 2 is 2.08 bits per heavy atom. The van der Waals surface area contributed by atoms with Crippen LogP contribution in [-0.2, 0) is 4.74 Å². The number of methoxy groups -OCH3 is 1. The van der Waals surface area contributed by atoms with Crippen LogP contribution in [0.4, 0.5) is 10.1 Å². The monoisotopic (exact) mass is 326 g/mol. The van der Waals surface area contributed by atoms with E-state index in [2.05, 4.69) is 14.9 Å². The summed E-state index contributed by atoms with van der Waals surface area (Å²) in [5.74, 6) is -1.38. The standard InChI is InChI=1S/C15H11FN6O2/c1-24-15(23)14-13(18)9(5-17)6-22(14)12-4-10(2-3-11(12)16)21-7-19-20-8-21/h2-4,6-8H,18H2,1H3. The summed E-state index contributed by atoms with van der Waals surface area (Å²) >= 11 is 0. The fraction of sp³-hybridized carbons (Fsp3) is 0.0667. The summed E-state index contributed by atoms with van der Waals surface area (Å²) in [4.78, 5) is 12.0. The lowest BCUT2D eigenvalue weighted by Crippen LogP contribution is -2.12. The number of nitrogens with zero attached hydrogens (tertiary/aromatic N) is 5. The van der Waals surface area contributed by atoms with Crippen LogP contribution in [0.2, 0.25) is 0 Å². The molecule has 0 amide bonds. The van der Waals surface area contributed by atoms with Gasteiger partial charge in [-0.05, 0) is 18.2 Å². The molecule has 0 spiro atoms. The fourth-order valence-corrected chi connectivity index (χ4v) is 2.28. The Hall–Kier alpha value is -3.67. The van der Waals surface area contributed by atoms with Gasteiger partial charge in [-0.25, -0.2) is 9.18 Å². The maximum atomic E-state index is 14.4. The number of esters is 1. The summed E-state index contributed by atoms with van der Waals surface area (Å²) in [6.07, 6.45) is 4.18. The largest absolute Gasteiger partial charge is 0.464 e. The second kappa shape index (κ2) is 5.85. The van der Waals surface area contributed by atoms with Gasteiger partial charge in [0.1, 0.15) is 24.5 Å². The van der Waals surface area contributed by atoms with E-state index in [1.807, 2.05) is 6.07 Å². The molecule has 0 aliphatic heterocycles. The molecule has 120 valence electrons. The Labute approximate surface area is 135 Å². The predicted octanol–water partition coefficient (Wildman–Crippen LogP) is 1.44. The lowest BCUT2D eigenvalue weighted by Gasteiger charge is -2.11. The first-order chi connectivity index (χ1) is 11.6. The van der Waals surface area contributed by atoms with Crippen molar-refractivity contribution in [2.45, 2.75) is 0 Å². The van der Waals surface area contributed by atoms with E-state index in [0.29, 0.717) is 5.69 Å².